The maximum Gasteiger partial charge on any atom is 0.337 e. The Hall–Kier alpha value is -3.14. The number of aromatic carboxylic acids is 1. The molecule has 112 valence electrons. The lowest BCUT2D eigenvalue weighted by atomic mass is 10.1. The van der Waals surface area contributed by atoms with Crippen LogP contribution in [0.5, 0.6) is 0 Å². The van der Waals surface area contributed by atoms with Gasteiger partial charge >= 0.3 is 5.97 Å². The van der Waals surface area contributed by atoms with Crippen molar-refractivity contribution in [1.29, 1.82) is 0 Å². The van der Waals surface area contributed by atoms with Gasteiger partial charge in [-0.3, -0.25) is 4.98 Å². The average Bonchev–Trinajstić information content (AvgIpc) is 2.98. The first-order chi connectivity index (χ1) is 11.2. The highest BCUT2D eigenvalue weighted by atomic mass is 16.4. The highest BCUT2D eigenvalue weighted by molar-refractivity contribution is 6.02. The number of hydrogen-bond acceptors (Lipinski definition) is 2. The average molecular weight is 302 g/mol. The quantitative estimate of drug-likeness (QED) is 0.623. The van der Waals surface area contributed by atoms with E-state index in [0.717, 1.165) is 27.4 Å². The molecule has 0 bridgehead atoms. The number of pyridine rings is 1. The first kappa shape index (κ1) is 13.5. The molecule has 0 unspecified atom stereocenters. The third-order valence-corrected chi connectivity index (χ3v) is 4.04. The van der Waals surface area contributed by atoms with Crippen LogP contribution in [0.4, 0.5) is 0 Å². The van der Waals surface area contributed by atoms with Crippen molar-refractivity contribution < 1.29 is 9.90 Å². The van der Waals surface area contributed by atoms with Crippen molar-refractivity contribution in [3.63, 3.8) is 0 Å². The molecule has 23 heavy (non-hydrogen) atoms. The number of carboxylic acid groups (broad SMARTS) is 1. The topological polar surface area (TPSA) is 55.1 Å². The predicted octanol–water partition coefficient (Wildman–Crippen LogP) is 3.94. The molecule has 2 aromatic carbocycles. The standard InChI is InChI=1S/C19H14N2O2/c22-19(23)17-7-3-6-13-8-9-21(18(13)17)12-16-10-14-4-1-2-5-15(14)11-20-16/h1-11H,12H2,(H,22,23). The summed E-state index contributed by atoms with van der Waals surface area (Å²) in [4.78, 5) is 16.0. The van der Waals surface area contributed by atoms with Gasteiger partial charge in [0.25, 0.3) is 0 Å². The van der Waals surface area contributed by atoms with Crippen LogP contribution in [0.1, 0.15) is 16.1 Å². The molecule has 0 aliphatic heterocycles. The summed E-state index contributed by atoms with van der Waals surface area (Å²) in [6.45, 7) is 0.540. The first-order valence-electron chi connectivity index (χ1n) is 7.37. The van der Waals surface area contributed by atoms with Crippen LogP contribution in [0, 0.1) is 0 Å². The Kier molecular flexibility index (Phi) is 3.08. The minimum Gasteiger partial charge on any atom is -0.478 e. The molecule has 0 spiro atoms. The van der Waals surface area contributed by atoms with E-state index in [4.69, 9.17) is 0 Å². The van der Waals surface area contributed by atoms with Crippen molar-refractivity contribution >= 4 is 27.6 Å². The molecule has 0 atom stereocenters. The van der Waals surface area contributed by atoms with E-state index in [9.17, 15) is 9.90 Å². The molecule has 4 nitrogen and oxygen atoms in total. The molecule has 4 heteroatoms. The van der Waals surface area contributed by atoms with Crippen molar-refractivity contribution in [2.24, 2.45) is 0 Å². The van der Waals surface area contributed by atoms with E-state index >= 15 is 0 Å². The van der Waals surface area contributed by atoms with Gasteiger partial charge in [0.2, 0.25) is 0 Å². The lowest BCUT2D eigenvalue weighted by Crippen LogP contribution is -2.05. The van der Waals surface area contributed by atoms with Crippen LogP contribution in [0.2, 0.25) is 0 Å². The Morgan fingerprint density at radius 2 is 1.78 bits per heavy atom. The largest absolute Gasteiger partial charge is 0.478 e. The van der Waals surface area contributed by atoms with Crippen LogP contribution in [0.15, 0.2) is 67.0 Å². The number of carbonyl (C=O) groups is 1. The minimum absolute atomic E-state index is 0.313. The fraction of sp³-hybridized carbons (Fsp3) is 0.0526. The van der Waals surface area contributed by atoms with Crippen LogP contribution in [-0.2, 0) is 6.54 Å². The van der Waals surface area contributed by atoms with E-state index in [1.54, 1.807) is 12.1 Å². The van der Waals surface area contributed by atoms with E-state index in [1.165, 1.54) is 0 Å². The summed E-state index contributed by atoms with van der Waals surface area (Å²) in [6, 6.07) is 17.4. The Morgan fingerprint density at radius 1 is 1.00 bits per heavy atom. The molecule has 2 aromatic heterocycles. The maximum atomic E-state index is 11.5. The van der Waals surface area contributed by atoms with Gasteiger partial charge in [0.05, 0.1) is 23.3 Å². The summed E-state index contributed by atoms with van der Waals surface area (Å²) < 4.78 is 1.94. The van der Waals surface area contributed by atoms with Crippen LogP contribution in [-0.4, -0.2) is 20.6 Å². The van der Waals surface area contributed by atoms with Crippen molar-refractivity contribution in [2.45, 2.75) is 6.54 Å². The zero-order valence-corrected chi connectivity index (χ0v) is 12.3. The number of nitrogens with zero attached hydrogens (tertiary/aromatic N) is 2. The van der Waals surface area contributed by atoms with E-state index in [0.29, 0.717) is 12.1 Å². The van der Waals surface area contributed by atoms with Crippen LogP contribution >= 0.6 is 0 Å². The smallest absolute Gasteiger partial charge is 0.337 e. The van der Waals surface area contributed by atoms with Gasteiger partial charge in [-0.15, -0.1) is 0 Å². The van der Waals surface area contributed by atoms with E-state index in [-0.39, 0.29) is 0 Å². The summed E-state index contributed by atoms with van der Waals surface area (Å²) in [7, 11) is 0. The summed E-state index contributed by atoms with van der Waals surface area (Å²) >= 11 is 0. The summed E-state index contributed by atoms with van der Waals surface area (Å²) in [5.41, 5.74) is 1.95. The molecule has 4 aromatic rings. The second kappa shape index (κ2) is 5.25. The molecule has 0 saturated carbocycles. The van der Waals surface area contributed by atoms with Crippen molar-refractivity contribution in [1.82, 2.24) is 9.55 Å². The zero-order chi connectivity index (χ0) is 15.8. The molecule has 0 radical (unpaired) electrons. The van der Waals surface area contributed by atoms with Gasteiger partial charge < -0.3 is 9.67 Å². The molecule has 4 rings (SSSR count). The number of rotatable bonds is 3. The normalized spacial score (nSPS) is 11.1. The first-order valence-corrected chi connectivity index (χ1v) is 7.37. The van der Waals surface area contributed by atoms with Crippen molar-refractivity contribution in [3.05, 3.63) is 78.2 Å². The Bertz CT molecular complexity index is 1030. The second-order valence-corrected chi connectivity index (χ2v) is 5.51. The van der Waals surface area contributed by atoms with Gasteiger partial charge in [0, 0.05) is 23.2 Å². The zero-order valence-electron chi connectivity index (χ0n) is 12.3. The molecular weight excluding hydrogens is 288 g/mol. The highest BCUT2D eigenvalue weighted by Gasteiger charge is 2.12. The number of hydrogen-bond donors (Lipinski definition) is 1. The number of fused-ring (bicyclic) bond motifs is 2. The van der Waals surface area contributed by atoms with Gasteiger partial charge in [-0.1, -0.05) is 36.4 Å². The van der Waals surface area contributed by atoms with Crippen molar-refractivity contribution in [2.75, 3.05) is 0 Å². The predicted molar refractivity (Wildman–Crippen MR) is 89.7 cm³/mol. The molecule has 0 fully saturated rings. The molecular formula is C19H14N2O2. The number of carboxylic acids is 1. The summed E-state index contributed by atoms with van der Waals surface area (Å²) in [5, 5.41) is 12.6. The van der Waals surface area contributed by atoms with Gasteiger partial charge in [-0.05, 0) is 23.6 Å². The van der Waals surface area contributed by atoms with E-state index < -0.39 is 5.97 Å². The third-order valence-electron chi connectivity index (χ3n) is 4.04. The Balaban J connectivity index is 1.81. The maximum absolute atomic E-state index is 11.5. The lowest BCUT2D eigenvalue weighted by Gasteiger charge is -2.08. The van der Waals surface area contributed by atoms with E-state index in [1.807, 2.05) is 53.4 Å². The number of benzene rings is 2. The molecule has 2 heterocycles. The monoisotopic (exact) mass is 302 g/mol. The molecule has 0 amide bonds. The molecule has 1 N–H and O–H groups in total. The van der Waals surface area contributed by atoms with Gasteiger partial charge in [-0.2, -0.15) is 0 Å². The Labute approximate surface area is 132 Å². The van der Waals surface area contributed by atoms with Crippen LogP contribution in [0.3, 0.4) is 0 Å². The van der Waals surface area contributed by atoms with Crippen LogP contribution < -0.4 is 0 Å². The number of para-hydroxylation sites is 1. The lowest BCUT2D eigenvalue weighted by molar-refractivity contribution is 0.0698. The summed E-state index contributed by atoms with van der Waals surface area (Å²) in [5.74, 6) is -0.915. The van der Waals surface area contributed by atoms with Crippen LogP contribution in [0.25, 0.3) is 21.7 Å². The molecule has 0 aliphatic rings. The van der Waals surface area contributed by atoms with Gasteiger partial charge in [-0.25, -0.2) is 4.79 Å². The van der Waals surface area contributed by atoms with Crippen molar-refractivity contribution in [3.8, 4) is 0 Å². The minimum atomic E-state index is -0.915. The fourth-order valence-electron chi connectivity index (χ4n) is 2.96. The Morgan fingerprint density at radius 3 is 2.61 bits per heavy atom. The van der Waals surface area contributed by atoms with Gasteiger partial charge in [0.1, 0.15) is 0 Å². The van der Waals surface area contributed by atoms with Gasteiger partial charge in [0.15, 0.2) is 0 Å². The highest BCUT2D eigenvalue weighted by Crippen LogP contribution is 2.22. The second-order valence-electron chi connectivity index (χ2n) is 5.51. The molecule has 0 saturated heterocycles. The molecule has 0 aliphatic carbocycles. The SMILES string of the molecule is O=C(O)c1cccc2ccn(Cc3cc4ccccc4cn3)c12. The fourth-order valence-corrected chi connectivity index (χ4v) is 2.96. The van der Waals surface area contributed by atoms with E-state index in [2.05, 4.69) is 11.1 Å². The summed E-state index contributed by atoms with van der Waals surface area (Å²) in [6.07, 6.45) is 3.77. The number of aromatic nitrogens is 2. The third kappa shape index (κ3) is 2.34.